The second-order valence-corrected chi connectivity index (χ2v) is 2.96. The molecule has 3 nitrogen and oxygen atoms in total. The van der Waals surface area contributed by atoms with E-state index >= 15 is 0 Å². The molecule has 0 bridgehead atoms. The molecule has 0 atom stereocenters. The summed E-state index contributed by atoms with van der Waals surface area (Å²) in [6, 6.07) is 5.69. The summed E-state index contributed by atoms with van der Waals surface area (Å²) < 4.78 is 10.3. The Bertz CT molecular complexity index is 356. The predicted molar refractivity (Wildman–Crippen MR) is 58.5 cm³/mol. The van der Waals surface area contributed by atoms with Crippen molar-refractivity contribution in [3.05, 3.63) is 35.9 Å². The van der Waals surface area contributed by atoms with Crippen LogP contribution in [-0.2, 0) is 11.2 Å². The maximum atomic E-state index is 10.1. The molecule has 1 rings (SSSR count). The second kappa shape index (κ2) is 5.86. The maximum absolute atomic E-state index is 10.1. The standard InChI is InChI=1S/C12H14O3/c1-14-11-7-6-10(5-3-4-8-13)9-12(11)15-2/h3-4,6-9H,5H2,1-2H3/b4-3+. The quantitative estimate of drug-likeness (QED) is 0.546. The number of carbonyl (C=O) groups excluding carboxylic acids is 1. The summed E-state index contributed by atoms with van der Waals surface area (Å²) in [5.74, 6) is 1.41. The molecule has 0 aliphatic heterocycles. The fraction of sp³-hybridized carbons (Fsp3) is 0.250. The minimum Gasteiger partial charge on any atom is -0.493 e. The number of rotatable bonds is 5. The van der Waals surface area contributed by atoms with E-state index in [0.29, 0.717) is 17.9 Å². The van der Waals surface area contributed by atoms with Crippen molar-refractivity contribution in [2.45, 2.75) is 6.42 Å². The van der Waals surface area contributed by atoms with Gasteiger partial charge in [0, 0.05) is 0 Å². The molecule has 0 aliphatic carbocycles. The lowest BCUT2D eigenvalue weighted by Crippen LogP contribution is -1.92. The maximum Gasteiger partial charge on any atom is 0.160 e. The number of ether oxygens (including phenoxy) is 2. The molecule has 0 aromatic heterocycles. The lowest BCUT2D eigenvalue weighted by atomic mass is 10.1. The molecule has 0 spiro atoms. The van der Waals surface area contributed by atoms with Gasteiger partial charge in [-0.3, -0.25) is 4.79 Å². The second-order valence-electron chi connectivity index (χ2n) is 2.96. The minimum atomic E-state index is 0.703. The van der Waals surface area contributed by atoms with Crippen molar-refractivity contribution in [2.75, 3.05) is 14.2 Å². The Kier molecular flexibility index (Phi) is 4.41. The van der Waals surface area contributed by atoms with Gasteiger partial charge >= 0.3 is 0 Å². The van der Waals surface area contributed by atoms with E-state index < -0.39 is 0 Å². The molecule has 15 heavy (non-hydrogen) atoms. The number of hydrogen-bond donors (Lipinski definition) is 0. The first-order valence-electron chi connectivity index (χ1n) is 4.63. The first-order chi connectivity index (χ1) is 7.31. The molecule has 0 amide bonds. The first-order valence-corrected chi connectivity index (χ1v) is 4.63. The smallest absolute Gasteiger partial charge is 0.160 e. The molecule has 1 aromatic rings. The van der Waals surface area contributed by atoms with Crippen LogP contribution in [0.4, 0.5) is 0 Å². The van der Waals surface area contributed by atoms with Crippen LogP contribution in [0, 0.1) is 0 Å². The van der Waals surface area contributed by atoms with E-state index in [-0.39, 0.29) is 0 Å². The average Bonchev–Trinajstić information content (AvgIpc) is 2.29. The van der Waals surface area contributed by atoms with Gasteiger partial charge in [-0.25, -0.2) is 0 Å². The van der Waals surface area contributed by atoms with Gasteiger partial charge in [-0.15, -0.1) is 0 Å². The summed E-state index contributed by atoms with van der Waals surface area (Å²) in [6.07, 6.45) is 4.75. The largest absolute Gasteiger partial charge is 0.493 e. The third-order valence-corrected chi connectivity index (χ3v) is 2.02. The van der Waals surface area contributed by atoms with Gasteiger partial charge < -0.3 is 9.47 Å². The molecule has 0 heterocycles. The van der Waals surface area contributed by atoms with Crippen LogP contribution in [-0.4, -0.2) is 20.5 Å². The summed E-state index contributed by atoms with van der Waals surface area (Å²) in [5.41, 5.74) is 1.07. The minimum absolute atomic E-state index is 0.703. The zero-order valence-corrected chi connectivity index (χ0v) is 8.90. The van der Waals surface area contributed by atoms with E-state index in [1.54, 1.807) is 20.3 Å². The van der Waals surface area contributed by atoms with Gasteiger partial charge in [-0.1, -0.05) is 12.1 Å². The summed E-state index contributed by atoms with van der Waals surface area (Å²) in [4.78, 5) is 10.1. The molecule has 0 aliphatic rings. The van der Waals surface area contributed by atoms with Gasteiger partial charge in [-0.05, 0) is 30.2 Å². The summed E-state index contributed by atoms with van der Waals surface area (Å²) in [5, 5.41) is 0. The van der Waals surface area contributed by atoms with Crippen molar-refractivity contribution in [1.29, 1.82) is 0 Å². The zero-order valence-electron chi connectivity index (χ0n) is 8.90. The van der Waals surface area contributed by atoms with E-state index in [1.807, 2.05) is 18.2 Å². The number of allylic oxidation sites excluding steroid dienone is 2. The van der Waals surface area contributed by atoms with Crippen molar-refractivity contribution in [2.24, 2.45) is 0 Å². The summed E-state index contributed by atoms with van der Waals surface area (Å²) in [6.45, 7) is 0. The summed E-state index contributed by atoms with van der Waals surface area (Å²) >= 11 is 0. The van der Waals surface area contributed by atoms with Crippen LogP contribution in [0.25, 0.3) is 0 Å². The lowest BCUT2D eigenvalue weighted by molar-refractivity contribution is -0.104. The van der Waals surface area contributed by atoms with Crippen LogP contribution in [0.5, 0.6) is 11.5 Å². The van der Waals surface area contributed by atoms with Gasteiger partial charge in [0.2, 0.25) is 0 Å². The molecule has 0 radical (unpaired) electrons. The van der Waals surface area contributed by atoms with Crippen LogP contribution in [0.3, 0.4) is 0 Å². The third-order valence-electron chi connectivity index (χ3n) is 2.02. The van der Waals surface area contributed by atoms with Crippen LogP contribution in [0.2, 0.25) is 0 Å². The number of hydrogen-bond acceptors (Lipinski definition) is 3. The van der Waals surface area contributed by atoms with Crippen molar-refractivity contribution in [3.8, 4) is 11.5 Å². The Morgan fingerprint density at radius 2 is 1.93 bits per heavy atom. The topological polar surface area (TPSA) is 35.5 Å². The summed E-state index contributed by atoms with van der Waals surface area (Å²) in [7, 11) is 3.20. The van der Waals surface area contributed by atoms with Crippen LogP contribution in [0.1, 0.15) is 5.56 Å². The molecule has 80 valence electrons. The van der Waals surface area contributed by atoms with Crippen molar-refractivity contribution in [3.63, 3.8) is 0 Å². The monoisotopic (exact) mass is 206 g/mol. The van der Waals surface area contributed by atoms with Crippen molar-refractivity contribution in [1.82, 2.24) is 0 Å². The molecular formula is C12H14O3. The van der Waals surface area contributed by atoms with Crippen molar-refractivity contribution < 1.29 is 14.3 Å². The predicted octanol–water partition coefficient (Wildman–Crippen LogP) is 2.00. The normalized spacial score (nSPS) is 10.3. The Hall–Kier alpha value is -1.77. The van der Waals surface area contributed by atoms with Gasteiger partial charge in [0.05, 0.1) is 14.2 Å². The van der Waals surface area contributed by atoms with Gasteiger partial charge in [0.15, 0.2) is 11.5 Å². The fourth-order valence-electron chi connectivity index (χ4n) is 1.27. The highest BCUT2D eigenvalue weighted by molar-refractivity contribution is 5.64. The number of methoxy groups -OCH3 is 2. The van der Waals surface area contributed by atoms with Crippen LogP contribution in [0.15, 0.2) is 30.4 Å². The van der Waals surface area contributed by atoms with Crippen LogP contribution < -0.4 is 9.47 Å². The van der Waals surface area contributed by atoms with E-state index in [0.717, 1.165) is 11.8 Å². The Morgan fingerprint density at radius 3 is 2.53 bits per heavy atom. The van der Waals surface area contributed by atoms with Gasteiger partial charge in [0.25, 0.3) is 0 Å². The van der Waals surface area contributed by atoms with Crippen LogP contribution >= 0.6 is 0 Å². The Labute approximate surface area is 89.3 Å². The molecule has 3 heteroatoms. The molecular weight excluding hydrogens is 192 g/mol. The van der Waals surface area contributed by atoms with E-state index in [4.69, 9.17) is 9.47 Å². The Morgan fingerprint density at radius 1 is 1.20 bits per heavy atom. The van der Waals surface area contributed by atoms with E-state index in [1.165, 1.54) is 6.08 Å². The molecule has 0 N–H and O–H groups in total. The van der Waals surface area contributed by atoms with E-state index in [2.05, 4.69) is 0 Å². The zero-order chi connectivity index (χ0) is 11.1. The highest BCUT2D eigenvalue weighted by Crippen LogP contribution is 2.27. The lowest BCUT2D eigenvalue weighted by Gasteiger charge is -2.08. The molecule has 0 unspecified atom stereocenters. The van der Waals surface area contributed by atoms with Gasteiger partial charge in [-0.2, -0.15) is 0 Å². The molecule has 1 aromatic carbocycles. The number of carbonyl (C=O) groups is 1. The first kappa shape index (κ1) is 11.3. The Balaban J connectivity index is 2.83. The number of aldehydes is 1. The van der Waals surface area contributed by atoms with Crippen molar-refractivity contribution >= 4 is 6.29 Å². The van der Waals surface area contributed by atoms with E-state index in [9.17, 15) is 4.79 Å². The average molecular weight is 206 g/mol. The number of benzene rings is 1. The highest BCUT2D eigenvalue weighted by Gasteiger charge is 2.02. The molecule has 0 saturated carbocycles. The SMILES string of the molecule is COc1ccc(C/C=C/C=O)cc1OC. The highest BCUT2D eigenvalue weighted by atomic mass is 16.5. The third kappa shape index (κ3) is 3.13. The fourth-order valence-corrected chi connectivity index (χ4v) is 1.27. The van der Waals surface area contributed by atoms with Gasteiger partial charge in [0.1, 0.15) is 6.29 Å². The molecule has 0 saturated heterocycles. The molecule has 0 fully saturated rings.